The maximum atomic E-state index is 14.8. The largest absolute Gasteiger partial charge is 0.432 e. The van der Waals surface area contributed by atoms with Gasteiger partial charge in [-0.05, 0) is 62.7 Å². The molecule has 0 saturated carbocycles. The number of fused-ring (bicyclic) bond motifs is 2. The molecule has 0 aliphatic carbocycles. The van der Waals surface area contributed by atoms with Crippen LogP contribution in [0.15, 0.2) is 48.7 Å². The highest BCUT2D eigenvalue weighted by molar-refractivity contribution is 6.71. The predicted molar refractivity (Wildman–Crippen MR) is 180 cm³/mol. The molecule has 1 unspecified atom stereocenters. The molecule has 2 amide bonds. The first-order chi connectivity index (χ1) is 22.9. The third kappa shape index (κ3) is 6.40. The van der Waals surface area contributed by atoms with Gasteiger partial charge in [0.15, 0.2) is 13.9 Å². The fourth-order valence-corrected chi connectivity index (χ4v) is 10.4. The van der Waals surface area contributed by atoms with Crippen molar-refractivity contribution in [1.29, 1.82) is 0 Å². The number of carbonyl (C=O) groups excluding carboxylic acids is 2. The van der Waals surface area contributed by atoms with Crippen LogP contribution in [-0.4, -0.2) is 75.8 Å². The zero-order chi connectivity index (χ0) is 34.2. The Bertz CT molecular complexity index is 1690. The number of benzene rings is 2. The molecule has 2 fully saturated rings. The lowest BCUT2D eigenvalue weighted by Crippen LogP contribution is -2.46. The summed E-state index contributed by atoms with van der Waals surface area (Å²) in [6, 6.07) is 11.8. The lowest BCUT2D eigenvalue weighted by molar-refractivity contribution is -0.385. The van der Waals surface area contributed by atoms with Crippen molar-refractivity contribution in [3.63, 3.8) is 0 Å². The second-order valence-corrected chi connectivity index (χ2v) is 17.7. The van der Waals surface area contributed by atoms with Crippen LogP contribution in [0.1, 0.15) is 43.0 Å². The van der Waals surface area contributed by atoms with Gasteiger partial charge in [0, 0.05) is 67.2 Å². The van der Waals surface area contributed by atoms with Crippen molar-refractivity contribution in [2.75, 3.05) is 29.9 Å². The lowest BCUT2D eigenvalue weighted by Gasteiger charge is -2.32. The van der Waals surface area contributed by atoms with E-state index in [9.17, 15) is 29.6 Å². The van der Waals surface area contributed by atoms with Crippen LogP contribution in [0.25, 0.3) is 0 Å². The van der Waals surface area contributed by atoms with Crippen molar-refractivity contribution >= 4 is 37.2 Å². The maximum Gasteiger partial charge on any atom is 0.269 e. The number of hydrogen-bond donors (Lipinski definition) is 4. The molecule has 48 heavy (non-hydrogen) atoms. The number of rotatable bonds is 11. The third-order valence-corrected chi connectivity index (χ3v) is 12.5. The summed E-state index contributed by atoms with van der Waals surface area (Å²) in [6.07, 6.45) is 3.78. The first kappa shape index (κ1) is 33.9. The van der Waals surface area contributed by atoms with E-state index in [0.29, 0.717) is 48.6 Å². The van der Waals surface area contributed by atoms with Crippen LogP contribution in [0, 0.1) is 22.0 Å². The Morgan fingerprint density at radius 1 is 1.27 bits per heavy atom. The molecule has 2 saturated heterocycles. The monoisotopic (exact) mass is 677 g/mol. The normalized spacial score (nSPS) is 25.4. The number of aryl methyl sites for hydroxylation is 1. The number of aromatic nitrogens is 3. The van der Waals surface area contributed by atoms with E-state index >= 15 is 0 Å². The van der Waals surface area contributed by atoms with E-state index in [4.69, 9.17) is 4.74 Å². The molecule has 5 atom stereocenters. The average Bonchev–Trinajstić information content (AvgIpc) is 3.70. The number of nitro benzene ring substituents is 1. The first-order valence-electron chi connectivity index (χ1n) is 16.5. The predicted octanol–water partition coefficient (Wildman–Crippen LogP) is 3.09. The number of aliphatic hydroxyl groups is 1. The number of anilines is 2. The standard InChI is InChI=1S/C33H43N7O7Si/c1-21-30(48(2,3)46)29(11-14-38-20-25(12-15-41)36-37-38)47-33(21)27-17-26(40(44)45)9-10-28(27)39(32(33)43)19-22-6-4-8-24(16-22)35-31(42)23-7-5-13-34-18-23/h4,6,8-10,16-17,20-21,23,29-30,34,41,46H,5,7,11-15,18-19H2,1-3H3,(H,35,42)/t21-,23?,29+,30-,33+/m1/s1. The molecule has 0 bridgehead atoms. The highest BCUT2D eigenvalue weighted by atomic mass is 28.4. The van der Waals surface area contributed by atoms with Gasteiger partial charge < -0.3 is 30.2 Å². The van der Waals surface area contributed by atoms with Gasteiger partial charge in [-0.3, -0.25) is 24.4 Å². The van der Waals surface area contributed by atoms with E-state index in [-0.39, 0.29) is 42.1 Å². The molecule has 4 N–H and O–H groups in total. The molecule has 14 nitrogen and oxygen atoms in total. The highest BCUT2D eigenvalue weighted by Gasteiger charge is 2.66. The van der Waals surface area contributed by atoms with E-state index in [1.165, 1.54) is 12.1 Å². The average molecular weight is 678 g/mol. The van der Waals surface area contributed by atoms with Gasteiger partial charge in [-0.15, -0.1) is 5.10 Å². The second kappa shape index (κ2) is 13.5. The van der Waals surface area contributed by atoms with Gasteiger partial charge in [-0.25, -0.2) is 0 Å². The fraction of sp³-hybridized carbons (Fsp3) is 0.515. The van der Waals surface area contributed by atoms with E-state index in [1.807, 2.05) is 44.3 Å². The molecular weight excluding hydrogens is 634 g/mol. The van der Waals surface area contributed by atoms with Crippen molar-refractivity contribution in [3.8, 4) is 0 Å². The molecule has 15 heteroatoms. The molecule has 0 radical (unpaired) electrons. The smallest absolute Gasteiger partial charge is 0.269 e. The van der Waals surface area contributed by atoms with E-state index in [2.05, 4.69) is 20.9 Å². The molecule has 3 aliphatic heterocycles. The zero-order valence-corrected chi connectivity index (χ0v) is 28.5. The van der Waals surface area contributed by atoms with Crippen LogP contribution < -0.4 is 15.5 Å². The van der Waals surface area contributed by atoms with Crippen LogP contribution in [0.5, 0.6) is 0 Å². The molecular formula is C33H43N7O7Si. The van der Waals surface area contributed by atoms with Gasteiger partial charge in [0.05, 0.1) is 34.9 Å². The molecule has 2 aromatic carbocycles. The molecule has 3 aliphatic rings. The fourth-order valence-electron chi connectivity index (χ4n) is 7.79. The number of amides is 2. The Labute approximate surface area is 279 Å². The maximum absolute atomic E-state index is 14.8. The minimum absolute atomic E-state index is 0.0435. The van der Waals surface area contributed by atoms with E-state index in [1.54, 1.807) is 21.8 Å². The molecule has 3 aromatic rings. The van der Waals surface area contributed by atoms with Crippen molar-refractivity contribution in [3.05, 3.63) is 75.6 Å². The Morgan fingerprint density at radius 3 is 2.79 bits per heavy atom. The topological polar surface area (TPSA) is 185 Å². The number of hydrogen-bond acceptors (Lipinski definition) is 10. The summed E-state index contributed by atoms with van der Waals surface area (Å²) in [6.45, 7) is 7.60. The van der Waals surface area contributed by atoms with Gasteiger partial charge in [0.2, 0.25) is 5.91 Å². The summed E-state index contributed by atoms with van der Waals surface area (Å²) in [5.41, 5.74) is 0.907. The molecule has 4 heterocycles. The van der Waals surface area contributed by atoms with Crippen LogP contribution >= 0.6 is 0 Å². The number of aliphatic hydroxyl groups excluding tert-OH is 1. The Balaban J connectivity index is 1.31. The Morgan fingerprint density at radius 2 is 2.08 bits per heavy atom. The number of nitrogens with one attached hydrogen (secondary N) is 2. The highest BCUT2D eigenvalue weighted by Crippen LogP contribution is 2.60. The molecule has 6 rings (SSSR count). The zero-order valence-electron chi connectivity index (χ0n) is 27.5. The molecule has 1 aromatic heterocycles. The van der Waals surface area contributed by atoms with Crippen molar-refractivity contribution in [2.45, 2.75) is 76.0 Å². The second-order valence-electron chi connectivity index (χ2n) is 13.7. The summed E-state index contributed by atoms with van der Waals surface area (Å²) < 4.78 is 8.48. The Kier molecular flexibility index (Phi) is 9.50. The summed E-state index contributed by atoms with van der Waals surface area (Å²) in [4.78, 5) is 52.3. The number of nitro groups is 1. The number of piperidine rings is 1. The van der Waals surface area contributed by atoms with Gasteiger partial charge in [-0.2, -0.15) is 0 Å². The van der Waals surface area contributed by atoms with Gasteiger partial charge in [0.25, 0.3) is 11.6 Å². The van der Waals surface area contributed by atoms with Gasteiger partial charge >= 0.3 is 0 Å². The summed E-state index contributed by atoms with van der Waals surface area (Å²) in [5.74, 6) is -1.00. The van der Waals surface area contributed by atoms with Crippen LogP contribution in [-0.2, 0) is 39.4 Å². The summed E-state index contributed by atoms with van der Waals surface area (Å²) in [5, 5.41) is 35.7. The summed E-state index contributed by atoms with van der Waals surface area (Å²) in [7, 11) is -2.96. The number of ether oxygens (including phenoxy) is 1. The summed E-state index contributed by atoms with van der Waals surface area (Å²) >= 11 is 0. The lowest BCUT2D eigenvalue weighted by atomic mass is 9.82. The van der Waals surface area contributed by atoms with Gasteiger partial charge in [-0.1, -0.05) is 24.3 Å². The Hall–Kier alpha value is -4.02. The van der Waals surface area contributed by atoms with Crippen LogP contribution in [0.4, 0.5) is 17.1 Å². The molecule has 1 spiro atoms. The van der Waals surface area contributed by atoms with Crippen molar-refractivity contribution in [2.24, 2.45) is 11.8 Å². The first-order valence-corrected chi connectivity index (χ1v) is 19.6. The third-order valence-electron chi connectivity index (χ3n) is 9.98. The quantitative estimate of drug-likeness (QED) is 0.134. The SMILES string of the molecule is C[C@@H]1[C@@H]([Si](C)(C)O)[C@H](CCn2cc(CCO)nn2)O[C@@]12C(=O)N(Cc1cccc(NC(=O)C3CCCNC3)c1)c1ccc([N+](=O)[O-])cc12. The molecule has 256 valence electrons. The minimum Gasteiger partial charge on any atom is -0.432 e. The minimum atomic E-state index is -2.96. The number of nitrogens with zero attached hydrogens (tertiary/aromatic N) is 5. The van der Waals surface area contributed by atoms with Crippen LogP contribution in [0.3, 0.4) is 0 Å². The van der Waals surface area contributed by atoms with E-state index < -0.39 is 30.9 Å². The van der Waals surface area contributed by atoms with Crippen molar-refractivity contribution < 1.29 is 29.2 Å². The van der Waals surface area contributed by atoms with Crippen molar-refractivity contribution in [1.82, 2.24) is 20.3 Å². The number of carbonyl (C=O) groups is 2. The van der Waals surface area contributed by atoms with E-state index in [0.717, 1.165) is 24.9 Å². The van der Waals surface area contributed by atoms with Crippen LogP contribution in [0.2, 0.25) is 18.6 Å². The van der Waals surface area contributed by atoms with Gasteiger partial charge in [0.1, 0.15) is 0 Å². The number of non-ortho nitro benzene ring substituents is 1.